The van der Waals surface area contributed by atoms with Crippen LogP contribution in [-0.2, 0) is 14.8 Å². The Kier molecular flexibility index (Phi) is 5.85. The molecule has 0 saturated heterocycles. The van der Waals surface area contributed by atoms with Crippen molar-refractivity contribution in [2.24, 2.45) is 0 Å². The number of hydrogen-bond donors (Lipinski definition) is 2. The largest absolute Gasteiger partial charge is 0.457 e. The molecule has 0 unspecified atom stereocenters. The number of amides is 1. The van der Waals surface area contributed by atoms with Crippen molar-refractivity contribution in [3.63, 3.8) is 0 Å². The van der Waals surface area contributed by atoms with Gasteiger partial charge in [0.15, 0.2) is 0 Å². The number of carbonyl (C=O) groups excluding carboxylic acids is 1. The summed E-state index contributed by atoms with van der Waals surface area (Å²) in [7, 11) is -3.72. The zero-order valence-electron chi connectivity index (χ0n) is 14.3. The van der Waals surface area contributed by atoms with Crippen LogP contribution in [0.3, 0.4) is 0 Å². The number of benzene rings is 3. The number of anilines is 1. The zero-order valence-corrected chi connectivity index (χ0v) is 15.1. The molecule has 0 aliphatic carbocycles. The molecule has 3 aromatic rings. The topological polar surface area (TPSA) is 84.5 Å². The van der Waals surface area contributed by atoms with E-state index in [9.17, 15) is 13.2 Å². The summed E-state index contributed by atoms with van der Waals surface area (Å²) in [4.78, 5) is 12.1. The normalized spacial score (nSPS) is 11.0. The summed E-state index contributed by atoms with van der Waals surface area (Å²) in [6.07, 6.45) is 0. The molecule has 1 amide bonds. The fourth-order valence-corrected chi connectivity index (χ4v) is 3.28. The van der Waals surface area contributed by atoms with Crippen molar-refractivity contribution in [2.45, 2.75) is 4.90 Å². The highest BCUT2D eigenvalue weighted by atomic mass is 32.2. The van der Waals surface area contributed by atoms with E-state index < -0.39 is 15.9 Å². The van der Waals surface area contributed by atoms with E-state index in [0.29, 0.717) is 17.2 Å². The van der Waals surface area contributed by atoms with Crippen LogP contribution in [-0.4, -0.2) is 20.9 Å². The average Bonchev–Trinajstić information content (AvgIpc) is 2.70. The molecule has 0 saturated carbocycles. The second-order valence-electron chi connectivity index (χ2n) is 5.63. The van der Waals surface area contributed by atoms with Crippen LogP contribution in [0.4, 0.5) is 5.69 Å². The number of sulfonamides is 1. The third kappa shape index (κ3) is 5.40. The van der Waals surface area contributed by atoms with Crippen LogP contribution in [0.2, 0.25) is 0 Å². The van der Waals surface area contributed by atoms with E-state index in [4.69, 9.17) is 4.74 Å². The van der Waals surface area contributed by atoms with Crippen molar-refractivity contribution in [2.75, 3.05) is 11.9 Å². The van der Waals surface area contributed by atoms with Gasteiger partial charge in [-0.3, -0.25) is 4.79 Å². The van der Waals surface area contributed by atoms with E-state index in [1.807, 2.05) is 30.3 Å². The molecule has 3 rings (SSSR count). The molecule has 0 bridgehead atoms. The van der Waals surface area contributed by atoms with Gasteiger partial charge < -0.3 is 10.1 Å². The number of carbonyl (C=O) groups is 1. The summed E-state index contributed by atoms with van der Waals surface area (Å²) in [5.74, 6) is 0.875. The number of hydrogen-bond acceptors (Lipinski definition) is 4. The fraction of sp³-hybridized carbons (Fsp3) is 0.0500. The van der Waals surface area contributed by atoms with Gasteiger partial charge in [-0.15, -0.1) is 0 Å². The maximum Gasteiger partial charge on any atom is 0.241 e. The smallest absolute Gasteiger partial charge is 0.241 e. The minimum Gasteiger partial charge on any atom is -0.457 e. The fourth-order valence-electron chi connectivity index (χ4n) is 2.28. The van der Waals surface area contributed by atoms with Crippen molar-refractivity contribution >= 4 is 21.6 Å². The van der Waals surface area contributed by atoms with Crippen LogP contribution in [0, 0.1) is 0 Å². The molecule has 7 heteroatoms. The Morgan fingerprint density at radius 2 is 1.33 bits per heavy atom. The van der Waals surface area contributed by atoms with Crippen molar-refractivity contribution in [3.05, 3.63) is 84.9 Å². The van der Waals surface area contributed by atoms with Crippen molar-refractivity contribution < 1.29 is 17.9 Å². The van der Waals surface area contributed by atoms with Crippen molar-refractivity contribution in [1.29, 1.82) is 0 Å². The monoisotopic (exact) mass is 382 g/mol. The number of nitrogens with one attached hydrogen (secondary N) is 2. The van der Waals surface area contributed by atoms with Gasteiger partial charge in [-0.2, -0.15) is 0 Å². The minimum absolute atomic E-state index is 0.111. The molecule has 0 heterocycles. The van der Waals surface area contributed by atoms with Gasteiger partial charge in [0.2, 0.25) is 15.9 Å². The van der Waals surface area contributed by atoms with Gasteiger partial charge in [-0.25, -0.2) is 13.1 Å². The summed E-state index contributed by atoms with van der Waals surface area (Å²) in [6, 6.07) is 24.0. The maximum absolute atomic E-state index is 12.1. The molecular weight excluding hydrogens is 364 g/mol. The van der Waals surface area contributed by atoms with Crippen LogP contribution in [0.5, 0.6) is 11.5 Å². The molecule has 3 aromatic carbocycles. The van der Waals surface area contributed by atoms with Crippen LogP contribution < -0.4 is 14.8 Å². The second kappa shape index (κ2) is 8.48. The van der Waals surface area contributed by atoms with E-state index in [0.717, 1.165) is 0 Å². The summed E-state index contributed by atoms with van der Waals surface area (Å²) in [5.41, 5.74) is 0.541. The van der Waals surface area contributed by atoms with E-state index in [-0.39, 0.29) is 11.4 Å². The van der Waals surface area contributed by atoms with Gasteiger partial charge in [0, 0.05) is 5.69 Å². The molecule has 0 aliphatic heterocycles. The molecular formula is C20H18N2O4S. The number of rotatable bonds is 7. The van der Waals surface area contributed by atoms with Gasteiger partial charge in [-0.1, -0.05) is 36.4 Å². The third-order valence-electron chi connectivity index (χ3n) is 3.59. The Labute approximate surface area is 157 Å². The molecule has 0 aliphatic rings. The molecule has 0 spiro atoms. The Balaban J connectivity index is 1.53. The highest BCUT2D eigenvalue weighted by molar-refractivity contribution is 7.89. The molecule has 0 radical (unpaired) electrons. The third-order valence-corrected chi connectivity index (χ3v) is 5.01. The lowest BCUT2D eigenvalue weighted by atomic mass is 10.3. The molecule has 0 fully saturated rings. The van der Waals surface area contributed by atoms with Crippen LogP contribution in [0.15, 0.2) is 89.8 Å². The van der Waals surface area contributed by atoms with Gasteiger partial charge in [0.25, 0.3) is 0 Å². The second-order valence-corrected chi connectivity index (χ2v) is 7.39. The maximum atomic E-state index is 12.1. The highest BCUT2D eigenvalue weighted by Crippen LogP contribution is 2.22. The lowest BCUT2D eigenvalue weighted by Crippen LogP contribution is -2.32. The first-order chi connectivity index (χ1) is 13.0. The van der Waals surface area contributed by atoms with Gasteiger partial charge in [-0.05, 0) is 48.5 Å². The molecule has 0 aromatic heterocycles. The molecule has 138 valence electrons. The van der Waals surface area contributed by atoms with Gasteiger partial charge in [0.1, 0.15) is 11.5 Å². The first-order valence-corrected chi connectivity index (χ1v) is 9.69. The minimum atomic E-state index is -3.72. The number of para-hydroxylation sites is 1. The van der Waals surface area contributed by atoms with Crippen molar-refractivity contribution in [1.82, 2.24) is 4.72 Å². The van der Waals surface area contributed by atoms with Gasteiger partial charge >= 0.3 is 0 Å². The Morgan fingerprint density at radius 1 is 0.778 bits per heavy atom. The van der Waals surface area contributed by atoms with Crippen LogP contribution in [0.1, 0.15) is 0 Å². The molecule has 6 nitrogen and oxygen atoms in total. The zero-order chi connectivity index (χ0) is 19.1. The molecule has 2 N–H and O–H groups in total. The predicted molar refractivity (Wildman–Crippen MR) is 103 cm³/mol. The van der Waals surface area contributed by atoms with E-state index in [1.165, 1.54) is 12.1 Å². The Bertz CT molecular complexity index is 989. The Hall–Kier alpha value is -3.16. The summed E-state index contributed by atoms with van der Waals surface area (Å²) < 4.78 is 32.1. The highest BCUT2D eigenvalue weighted by Gasteiger charge is 2.14. The first-order valence-electron chi connectivity index (χ1n) is 8.20. The lowest BCUT2D eigenvalue weighted by Gasteiger charge is -2.09. The van der Waals surface area contributed by atoms with E-state index >= 15 is 0 Å². The standard InChI is InChI=1S/C20H18N2O4S/c23-20(15-21-27(24,25)19-9-5-2-6-10-19)22-16-11-13-18(14-12-16)26-17-7-3-1-4-8-17/h1-14,21H,15H2,(H,22,23). The van der Waals surface area contributed by atoms with Crippen LogP contribution >= 0.6 is 0 Å². The van der Waals surface area contributed by atoms with Crippen molar-refractivity contribution in [3.8, 4) is 11.5 Å². The SMILES string of the molecule is O=C(CNS(=O)(=O)c1ccccc1)Nc1ccc(Oc2ccccc2)cc1. The quantitative estimate of drug-likeness (QED) is 0.656. The van der Waals surface area contributed by atoms with Gasteiger partial charge in [0.05, 0.1) is 11.4 Å². The summed E-state index contributed by atoms with van der Waals surface area (Å²) >= 11 is 0. The van der Waals surface area contributed by atoms with E-state index in [1.54, 1.807) is 42.5 Å². The number of ether oxygens (including phenoxy) is 1. The molecule has 27 heavy (non-hydrogen) atoms. The first kappa shape index (κ1) is 18.6. The van der Waals surface area contributed by atoms with Crippen LogP contribution in [0.25, 0.3) is 0 Å². The van der Waals surface area contributed by atoms with E-state index in [2.05, 4.69) is 10.0 Å². The average molecular weight is 382 g/mol. The molecule has 0 atom stereocenters. The predicted octanol–water partition coefficient (Wildman–Crippen LogP) is 3.40. The Morgan fingerprint density at radius 3 is 1.96 bits per heavy atom. The summed E-state index contributed by atoms with van der Waals surface area (Å²) in [5, 5.41) is 2.64. The summed E-state index contributed by atoms with van der Waals surface area (Å²) in [6.45, 7) is -0.362. The lowest BCUT2D eigenvalue weighted by molar-refractivity contribution is -0.115.